The van der Waals surface area contributed by atoms with Crippen molar-refractivity contribution in [1.29, 1.82) is 0 Å². The highest BCUT2D eigenvalue weighted by atomic mass is 14.9. The van der Waals surface area contributed by atoms with Gasteiger partial charge in [-0.05, 0) is 65.4 Å². The molecule has 156 valence electrons. The van der Waals surface area contributed by atoms with Crippen molar-refractivity contribution in [2.45, 2.75) is 12.8 Å². The molecule has 4 aromatic carbocycles. The first kappa shape index (κ1) is 19.9. The first-order valence-corrected chi connectivity index (χ1v) is 11.1. The summed E-state index contributed by atoms with van der Waals surface area (Å²) in [6.45, 7) is 0. The molecule has 0 unspecified atom stereocenters. The first-order valence-electron chi connectivity index (χ1n) is 11.1. The Morgan fingerprint density at radius 2 is 1.44 bits per heavy atom. The van der Waals surface area contributed by atoms with Gasteiger partial charge < -0.3 is 11.1 Å². The Hall–Kier alpha value is -4.04. The molecule has 0 atom stereocenters. The van der Waals surface area contributed by atoms with Crippen LogP contribution < -0.4 is 11.1 Å². The van der Waals surface area contributed by atoms with E-state index < -0.39 is 0 Å². The first-order chi connectivity index (χ1) is 15.8. The molecule has 2 nitrogen and oxygen atoms in total. The average molecular weight is 415 g/mol. The SMILES string of the molecule is Nc1ccccc1-c1cccc(-c2ccc(C3=CC=CCC3)c(Nc3ccccc3)c2)c1. The fraction of sp³-hybridized carbons (Fsp3) is 0.0667. The third-order valence-electron chi connectivity index (χ3n) is 5.90. The second-order valence-electron chi connectivity index (χ2n) is 8.08. The van der Waals surface area contributed by atoms with E-state index in [9.17, 15) is 0 Å². The van der Waals surface area contributed by atoms with Gasteiger partial charge in [0.05, 0.1) is 0 Å². The number of hydrogen-bond acceptors (Lipinski definition) is 2. The van der Waals surface area contributed by atoms with E-state index in [0.29, 0.717) is 0 Å². The van der Waals surface area contributed by atoms with Gasteiger partial charge in [-0.3, -0.25) is 0 Å². The summed E-state index contributed by atoms with van der Waals surface area (Å²) in [5.74, 6) is 0. The summed E-state index contributed by atoms with van der Waals surface area (Å²) in [5, 5.41) is 3.65. The Labute approximate surface area is 189 Å². The van der Waals surface area contributed by atoms with Gasteiger partial charge in [-0.1, -0.05) is 85.0 Å². The fourth-order valence-corrected chi connectivity index (χ4v) is 4.24. The van der Waals surface area contributed by atoms with Crippen LogP contribution in [0.15, 0.2) is 115 Å². The van der Waals surface area contributed by atoms with Crippen LogP contribution in [-0.2, 0) is 0 Å². The van der Waals surface area contributed by atoms with Gasteiger partial charge in [-0.15, -0.1) is 0 Å². The number of allylic oxidation sites excluding steroid dienone is 4. The van der Waals surface area contributed by atoms with E-state index in [4.69, 9.17) is 5.73 Å². The largest absolute Gasteiger partial charge is 0.398 e. The molecule has 0 saturated heterocycles. The van der Waals surface area contributed by atoms with Crippen molar-refractivity contribution in [1.82, 2.24) is 0 Å². The minimum Gasteiger partial charge on any atom is -0.398 e. The van der Waals surface area contributed by atoms with Crippen LogP contribution in [0.25, 0.3) is 27.8 Å². The normalized spacial score (nSPS) is 12.9. The van der Waals surface area contributed by atoms with E-state index in [-0.39, 0.29) is 0 Å². The van der Waals surface area contributed by atoms with Crippen molar-refractivity contribution in [3.63, 3.8) is 0 Å². The molecule has 0 bridgehead atoms. The quantitative estimate of drug-likeness (QED) is 0.324. The second-order valence-corrected chi connectivity index (χ2v) is 8.08. The highest BCUT2D eigenvalue weighted by Gasteiger charge is 2.12. The number of nitrogens with two attached hydrogens (primary N) is 1. The Bertz CT molecular complexity index is 1300. The summed E-state index contributed by atoms with van der Waals surface area (Å²) in [7, 11) is 0. The van der Waals surface area contributed by atoms with E-state index in [1.54, 1.807) is 0 Å². The molecule has 2 heteroatoms. The van der Waals surface area contributed by atoms with Gasteiger partial charge in [0.25, 0.3) is 0 Å². The lowest BCUT2D eigenvalue weighted by atomic mass is 9.92. The summed E-state index contributed by atoms with van der Waals surface area (Å²) < 4.78 is 0. The van der Waals surface area contributed by atoms with Crippen LogP contribution in [0, 0.1) is 0 Å². The molecule has 5 rings (SSSR count). The van der Waals surface area contributed by atoms with Crippen molar-refractivity contribution < 1.29 is 0 Å². The molecule has 32 heavy (non-hydrogen) atoms. The summed E-state index contributed by atoms with van der Waals surface area (Å²) in [5.41, 5.74) is 16.4. The molecular weight excluding hydrogens is 388 g/mol. The maximum absolute atomic E-state index is 6.23. The Balaban J connectivity index is 1.57. The van der Waals surface area contributed by atoms with Gasteiger partial charge in [0.15, 0.2) is 0 Å². The monoisotopic (exact) mass is 414 g/mol. The van der Waals surface area contributed by atoms with Crippen molar-refractivity contribution in [2.75, 3.05) is 11.1 Å². The van der Waals surface area contributed by atoms with Crippen LogP contribution >= 0.6 is 0 Å². The molecule has 1 aliphatic rings. The standard InChI is InChI=1S/C30H26N2/c31-29-17-8-7-16-27(29)25-13-9-12-23(20-25)24-18-19-28(22-10-3-1-4-11-22)30(21-24)32-26-14-5-2-6-15-26/h1-3,5-10,12-21,32H,4,11,31H2. The molecule has 0 spiro atoms. The molecule has 0 aromatic heterocycles. The number of anilines is 3. The Kier molecular flexibility index (Phi) is 5.59. The molecule has 0 amide bonds. The average Bonchev–Trinajstić information content (AvgIpc) is 2.86. The number of rotatable bonds is 5. The van der Waals surface area contributed by atoms with Crippen molar-refractivity contribution in [3.05, 3.63) is 121 Å². The lowest BCUT2D eigenvalue weighted by Gasteiger charge is -2.18. The van der Waals surface area contributed by atoms with E-state index in [1.807, 2.05) is 24.3 Å². The summed E-state index contributed by atoms with van der Waals surface area (Å²) >= 11 is 0. The van der Waals surface area contributed by atoms with Gasteiger partial charge >= 0.3 is 0 Å². The van der Waals surface area contributed by atoms with E-state index in [1.165, 1.54) is 22.3 Å². The molecule has 4 aromatic rings. The maximum Gasteiger partial charge on any atom is 0.0466 e. The lowest BCUT2D eigenvalue weighted by Crippen LogP contribution is -1.98. The number of nitrogens with one attached hydrogen (secondary N) is 1. The fourth-order valence-electron chi connectivity index (χ4n) is 4.24. The van der Waals surface area contributed by atoms with Crippen LogP contribution in [-0.4, -0.2) is 0 Å². The molecule has 0 aliphatic heterocycles. The zero-order chi connectivity index (χ0) is 21.8. The second kappa shape index (κ2) is 8.99. The van der Waals surface area contributed by atoms with Gasteiger partial charge in [-0.2, -0.15) is 0 Å². The topological polar surface area (TPSA) is 38.0 Å². The number of nitrogen functional groups attached to an aromatic ring is 1. The van der Waals surface area contributed by atoms with E-state index in [0.717, 1.165) is 41.0 Å². The van der Waals surface area contributed by atoms with Crippen LogP contribution in [0.2, 0.25) is 0 Å². The minimum absolute atomic E-state index is 0.795. The highest BCUT2D eigenvalue weighted by molar-refractivity contribution is 5.85. The molecule has 1 aliphatic carbocycles. The zero-order valence-corrected chi connectivity index (χ0v) is 18.0. The minimum atomic E-state index is 0.795. The molecule has 0 saturated carbocycles. The molecule has 3 N–H and O–H groups in total. The molecule has 0 heterocycles. The number of hydrogen-bond donors (Lipinski definition) is 2. The molecule has 0 radical (unpaired) electrons. The van der Waals surface area contributed by atoms with Crippen LogP contribution in [0.1, 0.15) is 18.4 Å². The number of benzene rings is 4. The van der Waals surface area contributed by atoms with Gasteiger partial charge in [-0.25, -0.2) is 0 Å². The van der Waals surface area contributed by atoms with E-state index >= 15 is 0 Å². The third-order valence-corrected chi connectivity index (χ3v) is 5.90. The number of para-hydroxylation sites is 2. The third kappa shape index (κ3) is 4.21. The summed E-state index contributed by atoms with van der Waals surface area (Å²) in [6.07, 6.45) is 8.75. The molecule has 0 fully saturated rings. The van der Waals surface area contributed by atoms with Crippen LogP contribution in [0.4, 0.5) is 17.1 Å². The summed E-state index contributed by atoms with van der Waals surface area (Å²) in [6, 6.07) is 33.7. The van der Waals surface area contributed by atoms with Gasteiger partial charge in [0, 0.05) is 28.2 Å². The predicted octanol–water partition coefficient (Wildman–Crippen LogP) is 8.08. The maximum atomic E-state index is 6.23. The van der Waals surface area contributed by atoms with Crippen LogP contribution in [0.5, 0.6) is 0 Å². The van der Waals surface area contributed by atoms with E-state index in [2.05, 4.69) is 96.3 Å². The lowest BCUT2D eigenvalue weighted by molar-refractivity contribution is 1.05. The highest BCUT2D eigenvalue weighted by Crippen LogP contribution is 2.36. The predicted molar refractivity (Wildman–Crippen MR) is 138 cm³/mol. The Morgan fingerprint density at radius 1 is 0.656 bits per heavy atom. The van der Waals surface area contributed by atoms with Gasteiger partial charge in [0.1, 0.15) is 0 Å². The van der Waals surface area contributed by atoms with Crippen LogP contribution in [0.3, 0.4) is 0 Å². The van der Waals surface area contributed by atoms with Crippen molar-refractivity contribution >= 4 is 22.6 Å². The van der Waals surface area contributed by atoms with Crippen molar-refractivity contribution in [3.8, 4) is 22.3 Å². The smallest absolute Gasteiger partial charge is 0.0466 e. The Morgan fingerprint density at radius 3 is 2.25 bits per heavy atom. The molecular formula is C30H26N2. The summed E-state index contributed by atoms with van der Waals surface area (Å²) in [4.78, 5) is 0. The zero-order valence-electron chi connectivity index (χ0n) is 18.0. The van der Waals surface area contributed by atoms with Gasteiger partial charge in [0.2, 0.25) is 0 Å². The van der Waals surface area contributed by atoms with Crippen molar-refractivity contribution in [2.24, 2.45) is 0 Å².